The number of fused-ring (bicyclic) bond motifs is 3. The summed E-state index contributed by atoms with van der Waals surface area (Å²) in [5, 5.41) is 0. The zero-order chi connectivity index (χ0) is 15.8. The van der Waals surface area contributed by atoms with Crippen LogP contribution in [-0.2, 0) is 4.79 Å². The van der Waals surface area contributed by atoms with E-state index in [9.17, 15) is 9.59 Å². The van der Waals surface area contributed by atoms with E-state index in [0.29, 0.717) is 12.8 Å². The predicted octanol–water partition coefficient (Wildman–Crippen LogP) is 4.69. The highest BCUT2D eigenvalue weighted by molar-refractivity contribution is 6.22. The van der Waals surface area contributed by atoms with Crippen molar-refractivity contribution < 1.29 is 9.59 Å². The van der Waals surface area contributed by atoms with Gasteiger partial charge in [-0.1, -0.05) is 52.0 Å². The van der Waals surface area contributed by atoms with Gasteiger partial charge in [0.25, 0.3) is 0 Å². The third kappa shape index (κ3) is 2.00. The van der Waals surface area contributed by atoms with Crippen molar-refractivity contribution in [3.05, 3.63) is 41.0 Å². The van der Waals surface area contributed by atoms with Crippen molar-refractivity contribution in [1.82, 2.24) is 0 Å². The number of carbonyl (C=O) groups is 2. The van der Waals surface area contributed by atoms with Crippen molar-refractivity contribution in [3.63, 3.8) is 0 Å². The molecule has 2 nitrogen and oxygen atoms in total. The average Bonchev–Trinajstić information content (AvgIpc) is 2.77. The van der Waals surface area contributed by atoms with E-state index >= 15 is 0 Å². The van der Waals surface area contributed by atoms with E-state index < -0.39 is 5.41 Å². The lowest BCUT2D eigenvalue weighted by Crippen LogP contribution is -2.37. The molecule has 0 heterocycles. The Morgan fingerprint density at radius 1 is 1.05 bits per heavy atom. The van der Waals surface area contributed by atoms with E-state index in [1.165, 1.54) is 0 Å². The number of ketones is 2. The lowest BCUT2D eigenvalue weighted by Gasteiger charge is -2.37. The van der Waals surface area contributed by atoms with Gasteiger partial charge in [0.05, 0.1) is 5.41 Å². The third-order valence-electron chi connectivity index (χ3n) is 4.82. The summed E-state index contributed by atoms with van der Waals surface area (Å²) in [6.07, 6.45) is 1.15. The fourth-order valence-corrected chi connectivity index (χ4v) is 3.75. The summed E-state index contributed by atoms with van der Waals surface area (Å²) in [5.41, 5.74) is 3.09. The van der Waals surface area contributed by atoms with Crippen molar-refractivity contribution in [1.29, 1.82) is 0 Å². The summed E-state index contributed by atoms with van der Waals surface area (Å²) in [4.78, 5) is 24.9. The Morgan fingerprint density at radius 2 is 1.62 bits per heavy atom. The van der Waals surface area contributed by atoms with Crippen LogP contribution in [-0.4, -0.2) is 11.6 Å². The Kier molecular flexibility index (Phi) is 4.18. The number of Topliss-reactive ketones (excluding diaryl/α,β-unsaturated/α-hetero) is 2. The predicted molar refractivity (Wildman–Crippen MR) is 86.2 cm³/mol. The van der Waals surface area contributed by atoms with Crippen LogP contribution < -0.4 is 0 Å². The SMILES string of the molecule is CC.CC1=C2c3ccccc3C(=O)C2(C(C)C)CCC1=O. The van der Waals surface area contributed by atoms with E-state index in [-0.39, 0.29) is 17.5 Å². The first-order valence-corrected chi connectivity index (χ1v) is 7.89. The average molecular weight is 284 g/mol. The van der Waals surface area contributed by atoms with Gasteiger partial charge in [0.2, 0.25) is 0 Å². The van der Waals surface area contributed by atoms with Crippen LogP contribution in [0.3, 0.4) is 0 Å². The first-order chi connectivity index (χ1) is 10.00. The number of benzene rings is 1. The van der Waals surface area contributed by atoms with Crippen LogP contribution in [0.2, 0.25) is 0 Å². The molecule has 2 heteroatoms. The topological polar surface area (TPSA) is 34.1 Å². The number of hydrogen-bond donors (Lipinski definition) is 0. The van der Waals surface area contributed by atoms with Crippen LogP contribution in [0.25, 0.3) is 5.57 Å². The van der Waals surface area contributed by atoms with E-state index in [2.05, 4.69) is 13.8 Å². The minimum atomic E-state index is -0.471. The summed E-state index contributed by atoms with van der Waals surface area (Å²) in [6, 6.07) is 7.72. The molecule has 0 aromatic heterocycles. The number of carbonyl (C=O) groups excluding carboxylic acids is 2. The van der Waals surface area contributed by atoms with Gasteiger partial charge in [-0.05, 0) is 36.0 Å². The van der Waals surface area contributed by atoms with Crippen LogP contribution in [0.1, 0.15) is 63.4 Å². The molecule has 0 amide bonds. The highest BCUT2D eigenvalue weighted by Gasteiger charge is 2.54. The first kappa shape index (κ1) is 15.7. The van der Waals surface area contributed by atoms with Crippen LogP contribution in [0, 0.1) is 11.3 Å². The van der Waals surface area contributed by atoms with Crippen molar-refractivity contribution in [2.24, 2.45) is 11.3 Å². The molecule has 2 aliphatic carbocycles. The highest BCUT2D eigenvalue weighted by Crippen LogP contribution is 2.57. The minimum absolute atomic E-state index is 0.191. The quantitative estimate of drug-likeness (QED) is 0.750. The Balaban J connectivity index is 0.000000774. The summed E-state index contributed by atoms with van der Waals surface area (Å²) in [6.45, 7) is 10.1. The maximum Gasteiger partial charge on any atom is 0.174 e. The van der Waals surface area contributed by atoms with Gasteiger partial charge in [-0.3, -0.25) is 9.59 Å². The largest absolute Gasteiger partial charge is 0.295 e. The number of rotatable bonds is 1. The first-order valence-electron chi connectivity index (χ1n) is 7.89. The summed E-state index contributed by atoms with van der Waals surface area (Å²) in [5.74, 6) is 0.612. The monoisotopic (exact) mass is 284 g/mol. The van der Waals surface area contributed by atoms with Gasteiger partial charge in [0.1, 0.15) is 0 Å². The molecule has 21 heavy (non-hydrogen) atoms. The standard InChI is InChI=1S/C17H18O2.C2H6/c1-10(2)17-9-8-14(18)11(3)15(17)12-6-4-5-7-13(12)16(17)19;1-2/h4-7,10H,8-9H2,1-3H3;1-2H3. The molecular formula is C19H24O2. The molecule has 0 spiro atoms. The second-order valence-electron chi connectivity index (χ2n) is 5.92. The van der Waals surface area contributed by atoms with Gasteiger partial charge in [-0.2, -0.15) is 0 Å². The molecule has 1 atom stereocenters. The second-order valence-corrected chi connectivity index (χ2v) is 5.92. The van der Waals surface area contributed by atoms with Gasteiger partial charge in [-0.25, -0.2) is 0 Å². The summed E-state index contributed by atoms with van der Waals surface area (Å²) in [7, 11) is 0. The molecule has 0 saturated heterocycles. The molecule has 0 fully saturated rings. The van der Waals surface area contributed by atoms with E-state index in [1.807, 2.05) is 45.0 Å². The second kappa shape index (κ2) is 5.59. The number of hydrogen-bond acceptors (Lipinski definition) is 2. The molecule has 3 rings (SSSR count). The molecule has 2 aliphatic rings. The molecule has 0 saturated carbocycles. The minimum Gasteiger partial charge on any atom is -0.295 e. The molecule has 112 valence electrons. The van der Waals surface area contributed by atoms with Crippen LogP contribution in [0.15, 0.2) is 29.8 Å². The van der Waals surface area contributed by atoms with E-state index in [0.717, 1.165) is 22.3 Å². The van der Waals surface area contributed by atoms with Crippen molar-refractivity contribution in [2.45, 2.75) is 47.5 Å². The van der Waals surface area contributed by atoms with Crippen LogP contribution >= 0.6 is 0 Å². The normalized spacial score (nSPS) is 23.7. The van der Waals surface area contributed by atoms with E-state index in [4.69, 9.17) is 0 Å². The van der Waals surface area contributed by atoms with Gasteiger partial charge < -0.3 is 0 Å². The van der Waals surface area contributed by atoms with Crippen molar-refractivity contribution in [3.8, 4) is 0 Å². The Morgan fingerprint density at radius 3 is 2.19 bits per heavy atom. The molecule has 0 N–H and O–H groups in total. The molecule has 0 aliphatic heterocycles. The molecule has 1 aromatic carbocycles. The van der Waals surface area contributed by atoms with Gasteiger partial charge >= 0.3 is 0 Å². The third-order valence-corrected chi connectivity index (χ3v) is 4.82. The van der Waals surface area contributed by atoms with Crippen molar-refractivity contribution >= 4 is 17.1 Å². The Hall–Kier alpha value is -1.70. The van der Waals surface area contributed by atoms with Gasteiger partial charge in [0.15, 0.2) is 11.6 Å². The van der Waals surface area contributed by atoms with E-state index in [1.54, 1.807) is 0 Å². The van der Waals surface area contributed by atoms with Gasteiger partial charge in [0, 0.05) is 12.0 Å². The highest BCUT2D eigenvalue weighted by atomic mass is 16.1. The summed E-state index contributed by atoms with van der Waals surface area (Å²) < 4.78 is 0. The maximum absolute atomic E-state index is 12.9. The maximum atomic E-state index is 12.9. The lowest BCUT2D eigenvalue weighted by molar-refractivity contribution is -0.116. The zero-order valence-corrected chi connectivity index (χ0v) is 13.6. The van der Waals surface area contributed by atoms with Crippen LogP contribution in [0.5, 0.6) is 0 Å². The fourth-order valence-electron chi connectivity index (χ4n) is 3.75. The Labute approximate surface area is 127 Å². The number of allylic oxidation sites excluding steroid dienone is 2. The smallest absolute Gasteiger partial charge is 0.174 e. The molecule has 1 unspecified atom stereocenters. The van der Waals surface area contributed by atoms with Gasteiger partial charge in [-0.15, -0.1) is 0 Å². The lowest BCUT2D eigenvalue weighted by atomic mass is 9.63. The zero-order valence-electron chi connectivity index (χ0n) is 13.6. The molecule has 1 aromatic rings. The molecule has 0 bridgehead atoms. The fraction of sp³-hybridized carbons (Fsp3) is 0.474. The molecule has 0 radical (unpaired) electrons. The molecular weight excluding hydrogens is 260 g/mol. The Bertz CT molecular complexity index is 622. The van der Waals surface area contributed by atoms with Crippen molar-refractivity contribution in [2.75, 3.05) is 0 Å². The summed E-state index contributed by atoms with van der Waals surface area (Å²) >= 11 is 0. The van der Waals surface area contributed by atoms with Crippen LogP contribution in [0.4, 0.5) is 0 Å².